The highest BCUT2D eigenvalue weighted by Gasteiger charge is 2.23. The van der Waals surface area contributed by atoms with Gasteiger partial charge in [0.15, 0.2) is 0 Å². The van der Waals surface area contributed by atoms with Gasteiger partial charge in [-0.05, 0) is 34.1 Å². The minimum absolute atomic E-state index is 0.151. The molecule has 17 heavy (non-hydrogen) atoms. The molecule has 0 aliphatic heterocycles. The predicted molar refractivity (Wildman–Crippen MR) is 75.9 cm³/mol. The molecule has 1 aliphatic rings. The maximum Gasteiger partial charge on any atom is 0.0396 e. The van der Waals surface area contributed by atoms with Crippen molar-refractivity contribution in [1.82, 2.24) is 0 Å². The van der Waals surface area contributed by atoms with E-state index in [1.165, 1.54) is 22.3 Å². The zero-order valence-corrected chi connectivity index (χ0v) is 11.5. The van der Waals surface area contributed by atoms with Crippen LogP contribution in [0.15, 0.2) is 18.2 Å². The second-order valence-corrected chi connectivity index (χ2v) is 6.22. The molecule has 0 bridgehead atoms. The van der Waals surface area contributed by atoms with Crippen molar-refractivity contribution >= 4 is 11.3 Å². The van der Waals surface area contributed by atoms with Crippen molar-refractivity contribution in [2.24, 2.45) is 0 Å². The van der Waals surface area contributed by atoms with Crippen molar-refractivity contribution in [1.29, 1.82) is 0 Å². The topological polar surface area (TPSA) is 26.0 Å². The Labute approximate surface area is 105 Å². The van der Waals surface area contributed by atoms with Gasteiger partial charge >= 0.3 is 0 Å². The maximum atomic E-state index is 6.24. The van der Waals surface area contributed by atoms with Crippen molar-refractivity contribution in [2.45, 2.75) is 46.0 Å². The third-order valence-corrected chi connectivity index (χ3v) is 3.31. The summed E-state index contributed by atoms with van der Waals surface area (Å²) in [5, 5.41) is 0. The molecule has 0 aromatic heterocycles. The van der Waals surface area contributed by atoms with Crippen LogP contribution in [0, 0.1) is 6.42 Å². The van der Waals surface area contributed by atoms with Crippen LogP contribution in [0.2, 0.25) is 0 Å². The van der Waals surface area contributed by atoms with Gasteiger partial charge in [0.25, 0.3) is 0 Å². The molecule has 91 valence electrons. The Kier molecular flexibility index (Phi) is 2.81. The first kappa shape index (κ1) is 12.2. The van der Waals surface area contributed by atoms with E-state index in [2.05, 4.69) is 59.2 Å². The summed E-state index contributed by atoms with van der Waals surface area (Å²) in [6, 6.07) is 4.46. The van der Waals surface area contributed by atoms with E-state index in [-0.39, 0.29) is 5.41 Å². The third-order valence-electron chi connectivity index (χ3n) is 3.31. The largest absolute Gasteiger partial charge is 0.398 e. The van der Waals surface area contributed by atoms with Crippen LogP contribution < -0.4 is 5.73 Å². The second-order valence-electron chi connectivity index (χ2n) is 6.22. The summed E-state index contributed by atoms with van der Waals surface area (Å²) >= 11 is 0. The van der Waals surface area contributed by atoms with Crippen LogP contribution in [-0.2, 0) is 5.41 Å². The molecule has 0 spiro atoms. The lowest BCUT2D eigenvalue weighted by Gasteiger charge is -2.23. The molecule has 0 atom stereocenters. The van der Waals surface area contributed by atoms with Crippen LogP contribution in [-0.4, -0.2) is 0 Å². The average molecular weight is 228 g/mol. The Morgan fingerprint density at radius 1 is 1.12 bits per heavy atom. The van der Waals surface area contributed by atoms with E-state index in [1.807, 2.05) is 0 Å². The van der Waals surface area contributed by atoms with E-state index in [4.69, 9.17) is 5.73 Å². The summed E-state index contributed by atoms with van der Waals surface area (Å²) in [5.74, 6) is 0.504. The van der Waals surface area contributed by atoms with Gasteiger partial charge in [-0.2, -0.15) is 0 Å². The van der Waals surface area contributed by atoms with E-state index in [9.17, 15) is 0 Å². The second kappa shape index (κ2) is 3.90. The molecule has 1 nitrogen and oxygen atoms in total. The molecule has 1 aromatic rings. The van der Waals surface area contributed by atoms with Crippen molar-refractivity contribution in [3.8, 4) is 0 Å². The lowest BCUT2D eigenvalue weighted by molar-refractivity contribution is 0.589. The lowest BCUT2D eigenvalue weighted by atomic mass is 9.82. The van der Waals surface area contributed by atoms with Crippen molar-refractivity contribution < 1.29 is 0 Å². The smallest absolute Gasteiger partial charge is 0.0396 e. The molecule has 2 rings (SSSR count). The first-order chi connectivity index (χ1) is 7.80. The molecule has 0 saturated carbocycles. The number of rotatable bonds is 2. The van der Waals surface area contributed by atoms with Gasteiger partial charge in [-0.3, -0.25) is 0 Å². The van der Waals surface area contributed by atoms with Crippen LogP contribution >= 0.6 is 0 Å². The molecule has 0 unspecified atom stereocenters. The summed E-state index contributed by atoms with van der Waals surface area (Å²) in [5.41, 5.74) is 12.5. The van der Waals surface area contributed by atoms with Gasteiger partial charge in [-0.1, -0.05) is 46.8 Å². The summed E-state index contributed by atoms with van der Waals surface area (Å²) in [6.07, 6.45) is 4.27. The zero-order valence-electron chi connectivity index (χ0n) is 11.5. The van der Waals surface area contributed by atoms with Crippen molar-refractivity contribution in [3.63, 3.8) is 0 Å². The first-order valence-corrected chi connectivity index (χ1v) is 6.30. The summed E-state index contributed by atoms with van der Waals surface area (Å²) in [6.45, 7) is 11.2. The summed E-state index contributed by atoms with van der Waals surface area (Å²) in [7, 11) is 0. The van der Waals surface area contributed by atoms with E-state index < -0.39 is 0 Å². The number of hydrogen-bond donors (Lipinski definition) is 1. The maximum absolute atomic E-state index is 6.24. The van der Waals surface area contributed by atoms with Gasteiger partial charge in [0.05, 0.1) is 0 Å². The van der Waals surface area contributed by atoms with Gasteiger partial charge in [0, 0.05) is 17.7 Å². The number of allylic oxidation sites excluding steroid dienone is 2. The Morgan fingerprint density at radius 2 is 1.71 bits per heavy atom. The highest BCUT2D eigenvalue weighted by molar-refractivity contribution is 5.93. The number of nitrogens with two attached hydrogens (primary N) is 1. The molecule has 0 saturated heterocycles. The molecule has 1 aliphatic carbocycles. The standard InChI is InChI=1S/C16H22N/c1-10(2)13-8-12(16(3,4)5)9-14(17)15(13)11-6-7-11/h6-10H,17H2,1-5H3. The molecule has 1 radical (unpaired) electrons. The quantitative estimate of drug-likeness (QED) is 0.751. The number of nitrogen functional groups attached to an aromatic ring is 1. The van der Waals surface area contributed by atoms with Crippen LogP contribution in [0.1, 0.15) is 57.2 Å². The Bertz CT molecular complexity index is 473. The minimum Gasteiger partial charge on any atom is -0.398 e. The molecule has 1 heteroatoms. The fraction of sp³-hybridized carbons (Fsp3) is 0.438. The Morgan fingerprint density at radius 3 is 2.12 bits per heavy atom. The van der Waals surface area contributed by atoms with Gasteiger partial charge in [-0.25, -0.2) is 0 Å². The Hall–Kier alpha value is -1.24. The van der Waals surface area contributed by atoms with Gasteiger partial charge < -0.3 is 5.73 Å². The SMILES string of the molecule is CC(C)c1cc(C(C)(C)C)cc(N)c1C1=C[CH]1. The minimum atomic E-state index is 0.151. The van der Waals surface area contributed by atoms with Crippen LogP contribution in [0.5, 0.6) is 0 Å². The van der Waals surface area contributed by atoms with Gasteiger partial charge in [-0.15, -0.1) is 0 Å². The molecule has 0 heterocycles. The summed E-state index contributed by atoms with van der Waals surface area (Å²) in [4.78, 5) is 0. The number of hydrogen-bond acceptors (Lipinski definition) is 1. The highest BCUT2D eigenvalue weighted by atomic mass is 14.6. The van der Waals surface area contributed by atoms with Gasteiger partial charge in [0.2, 0.25) is 0 Å². The van der Waals surface area contributed by atoms with E-state index >= 15 is 0 Å². The highest BCUT2D eigenvalue weighted by Crippen LogP contribution is 2.41. The van der Waals surface area contributed by atoms with Crippen LogP contribution in [0.3, 0.4) is 0 Å². The predicted octanol–water partition coefficient (Wildman–Crippen LogP) is 4.29. The fourth-order valence-electron chi connectivity index (χ4n) is 2.12. The molecular weight excluding hydrogens is 206 g/mol. The normalized spacial score (nSPS) is 15.1. The number of anilines is 1. The molecule has 0 amide bonds. The summed E-state index contributed by atoms with van der Waals surface area (Å²) < 4.78 is 0. The number of benzene rings is 1. The lowest BCUT2D eigenvalue weighted by Crippen LogP contribution is -2.13. The van der Waals surface area contributed by atoms with Crippen molar-refractivity contribution in [2.75, 3.05) is 5.73 Å². The van der Waals surface area contributed by atoms with E-state index in [1.54, 1.807) is 0 Å². The van der Waals surface area contributed by atoms with Gasteiger partial charge in [0.1, 0.15) is 0 Å². The van der Waals surface area contributed by atoms with Crippen molar-refractivity contribution in [3.05, 3.63) is 41.3 Å². The molecule has 2 N–H and O–H groups in total. The Balaban J connectivity index is 2.60. The third kappa shape index (κ3) is 2.38. The van der Waals surface area contributed by atoms with Crippen LogP contribution in [0.25, 0.3) is 5.57 Å². The zero-order chi connectivity index (χ0) is 12.8. The average Bonchev–Trinajstić information content (AvgIpc) is 2.98. The molecule has 1 aromatic carbocycles. The fourth-order valence-corrected chi connectivity index (χ4v) is 2.12. The van der Waals surface area contributed by atoms with E-state index in [0.29, 0.717) is 5.92 Å². The van der Waals surface area contributed by atoms with E-state index in [0.717, 1.165) is 5.69 Å². The monoisotopic (exact) mass is 228 g/mol. The first-order valence-electron chi connectivity index (χ1n) is 6.30. The molecule has 0 fully saturated rings. The van der Waals surface area contributed by atoms with Crippen LogP contribution in [0.4, 0.5) is 5.69 Å². The molecular formula is C16H22N.